The molecule has 0 aliphatic carbocycles. The van der Waals surface area contributed by atoms with Gasteiger partial charge in [0.15, 0.2) is 5.78 Å². The zero-order valence-corrected chi connectivity index (χ0v) is 18.1. The maximum absolute atomic E-state index is 12.9. The number of ketones is 1. The molecular formula is C22H30ClN3O2. The molecule has 1 aromatic heterocycles. The summed E-state index contributed by atoms with van der Waals surface area (Å²) in [6.07, 6.45) is 0. The van der Waals surface area contributed by atoms with Crippen LogP contribution in [0.15, 0.2) is 24.3 Å². The number of hydrogen-bond donors (Lipinski definition) is 0. The molecule has 0 bridgehead atoms. The van der Waals surface area contributed by atoms with E-state index in [0.29, 0.717) is 13.2 Å². The zero-order valence-electron chi connectivity index (χ0n) is 17.3. The number of benzene rings is 1. The molecule has 2 heterocycles. The Balaban J connectivity index is 1.60. The first-order valence-electron chi connectivity index (χ1n) is 9.83. The van der Waals surface area contributed by atoms with Gasteiger partial charge in [0.2, 0.25) is 0 Å². The summed E-state index contributed by atoms with van der Waals surface area (Å²) >= 11 is 6.17. The van der Waals surface area contributed by atoms with E-state index in [2.05, 4.69) is 27.4 Å². The normalized spacial score (nSPS) is 15.2. The van der Waals surface area contributed by atoms with Crippen LogP contribution in [0.25, 0.3) is 0 Å². The van der Waals surface area contributed by atoms with Crippen LogP contribution in [-0.2, 0) is 11.3 Å². The lowest BCUT2D eigenvalue weighted by molar-refractivity contribution is 0.0925. The maximum atomic E-state index is 12.9. The highest BCUT2D eigenvalue weighted by Crippen LogP contribution is 2.25. The molecule has 1 aliphatic rings. The van der Waals surface area contributed by atoms with Crippen LogP contribution in [0.2, 0.25) is 5.02 Å². The lowest BCUT2D eigenvalue weighted by Crippen LogP contribution is -2.48. The molecule has 3 rings (SSSR count). The second-order valence-electron chi connectivity index (χ2n) is 7.55. The van der Waals surface area contributed by atoms with Crippen LogP contribution >= 0.6 is 11.6 Å². The number of hydrogen-bond acceptors (Lipinski definition) is 4. The summed E-state index contributed by atoms with van der Waals surface area (Å²) in [6, 6.07) is 8.04. The van der Waals surface area contributed by atoms with Gasteiger partial charge in [-0.05, 0) is 44.5 Å². The molecule has 0 radical (unpaired) electrons. The minimum atomic E-state index is 0.198. The van der Waals surface area contributed by atoms with Crippen molar-refractivity contribution in [2.45, 2.75) is 27.3 Å². The van der Waals surface area contributed by atoms with Crippen molar-refractivity contribution in [3.8, 4) is 0 Å². The van der Waals surface area contributed by atoms with Gasteiger partial charge in [0.1, 0.15) is 0 Å². The van der Waals surface area contributed by atoms with Gasteiger partial charge in [-0.15, -0.1) is 0 Å². The molecule has 0 spiro atoms. The number of nitrogens with zero attached hydrogens (tertiary/aromatic N) is 3. The van der Waals surface area contributed by atoms with E-state index in [9.17, 15) is 4.79 Å². The summed E-state index contributed by atoms with van der Waals surface area (Å²) in [5.74, 6) is 0.198. The largest absolute Gasteiger partial charge is 0.383 e. The highest BCUT2D eigenvalue weighted by atomic mass is 35.5. The number of anilines is 1. The van der Waals surface area contributed by atoms with Gasteiger partial charge >= 0.3 is 0 Å². The molecular weight excluding hydrogens is 374 g/mol. The smallest absolute Gasteiger partial charge is 0.178 e. The third kappa shape index (κ3) is 4.59. The molecule has 1 saturated heterocycles. The van der Waals surface area contributed by atoms with Gasteiger partial charge in [0.05, 0.1) is 13.2 Å². The number of piperazine rings is 1. The molecule has 0 unspecified atom stereocenters. The molecule has 2 aromatic rings. The molecule has 0 atom stereocenters. The first kappa shape index (κ1) is 20.9. The van der Waals surface area contributed by atoms with E-state index in [1.165, 1.54) is 11.3 Å². The Morgan fingerprint density at radius 2 is 1.82 bits per heavy atom. The van der Waals surface area contributed by atoms with Gasteiger partial charge in [-0.25, -0.2) is 0 Å². The van der Waals surface area contributed by atoms with Crippen molar-refractivity contribution < 1.29 is 9.53 Å². The van der Waals surface area contributed by atoms with E-state index >= 15 is 0 Å². The van der Waals surface area contributed by atoms with E-state index in [1.54, 1.807) is 7.11 Å². The molecule has 1 fully saturated rings. The van der Waals surface area contributed by atoms with E-state index in [1.807, 2.05) is 32.0 Å². The van der Waals surface area contributed by atoms with Crippen LogP contribution in [0.3, 0.4) is 0 Å². The standard InChI is InChI=1S/C22H30ClN3O2/c1-16-5-6-19(23)14-21(16)25-9-7-24(8-10-25)15-22(27)20-13-17(2)26(18(20)3)11-12-28-4/h5-6,13-14H,7-12,15H2,1-4H3. The summed E-state index contributed by atoms with van der Waals surface area (Å²) in [6.45, 7) is 11.6. The quantitative estimate of drug-likeness (QED) is 0.660. The Bertz CT molecular complexity index is 839. The van der Waals surface area contributed by atoms with Crippen molar-refractivity contribution in [3.05, 3.63) is 51.8 Å². The highest BCUT2D eigenvalue weighted by molar-refractivity contribution is 6.30. The van der Waals surface area contributed by atoms with E-state index < -0.39 is 0 Å². The van der Waals surface area contributed by atoms with Crippen LogP contribution in [0.1, 0.15) is 27.3 Å². The highest BCUT2D eigenvalue weighted by Gasteiger charge is 2.23. The van der Waals surface area contributed by atoms with Crippen LogP contribution < -0.4 is 4.90 Å². The second-order valence-corrected chi connectivity index (χ2v) is 7.98. The third-order valence-corrected chi connectivity index (χ3v) is 5.88. The maximum Gasteiger partial charge on any atom is 0.178 e. The van der Waals surface area contributed by atoms with Crippen LogP contribution in [0, 0.1) is 20.8 Å². The Morgan fingerprint density at radius 3 is 2.50 bits per heavy atom. The van der Waals surface area contributed by atoms with Gasteiger partial charge in [0.25, 0.3) is 0 Å². The lowest BCUT2D eigenvalue weighted by Gasteiger charge is -2.36. The predicted molar refractivity (Wildman–Crippen MR) is 115 cm³/mol. The topological polar surface area (TPSA) is 37.7 Å². The van der Waals surface area contributed by atoms with Crippen molar-refractivity contribution >= 4 is 23.1 Å². The summed E-state index contributed by atoms with van der Waals surface area (Å²) in [7, 11) is 1.70. The molecule has 0 N–H and O–H groups in total. The van der Waals surface area contributed by atoms with Crippen molar-refractivity contribution in [2.75, 3.05) is 51.3 Å². The summed E-state index contributed by atoms with van der Waals surface area (Å²) < 4.78 is 7.35. The minimum absolute atomic E-state index is 0.198. The Labute approximate surface area is 172 Å². The average molecular weight is 404 g/mol. The number of aryl methyl sites for hydroxylation is 2. The number of halogens is 1. The van der Waals surface area contributed by atoms with Crippen molar-refractivity contribution in [1.29, 1.82) is 0 Å². The molecule has 1 aromatic carbocycles. The number of carbonyl (C=O) groups excluding carboxylic acids is 1. The fraction of sp³-hybridized carbons (Fsp3) is 0.500. The fourth-order valence-corrected chi connectivity index (χ4v) is 4.13. The molecule has 6 heteroatoms. The number of carbonyl (C=O) groups is 1. The van der Waals surface area contributed by atoms with Crippen molar-refractivity contribution in [1.82, 2.24) is 9.47 Å². The van der Waals surface area contributed by atoms with E-state index in [4.69, 9.17) is 16.3 Å². The SMILES string of the molecule is COCCn1c(C)cc(C(=O)CN2CCN(c3cc(Cl)ccc3C)CC2)c1C. The summed E-state index contributed by atoms with van der Waals surface area (Å²) in [5, 5.41) is 0.766. The monoisotopic (exact) mass is 403 g/mol. The van der Waals surface area contributed by atoms with Gasteiger partial charge in [-0.3, -0.25) is 9.69 Å². The molecule has 1 aliphatic heterocycles. The third-order valence-electron chi connectivity index (χ3n) is 5.64. The lowest BCUT2D eigenvalue weighted by atomic mass is 10.1. The number of rotatable bonds is 7. The van der Waals surface area contributed by atoms with Gasteiger partial charge in [-0.1, -0.05) is 17.7 Å². The average Bonchev–Trinajstić information content (AvgIpc) is 2.96. The second kappa shape index (κ2) is 9.12. The molecule has 152 valence electrons. The van der Waals surface area contributed by atoms with Crippen LogP contribution in [0.5, 0.6) is 0 Å². The Hall–Kier alpha value is -1.82. The summed E-state index contributed by atoms with van der Waals surface area (Å²) in [4.78, 5) is 17.5. The molecule has 0 saturated carbocycles. The number of methoxy groups -OCH3 is 1. The van der Waals surface area contributed by atoms with Gasteiger partial charge in [0, 0.05) is 67.5 Å². The number of ether oxygens (including phenoxy) is 1. The molecule has 0 amide bonds. The fourth-order valence-electron chi connectivity index (χ4n) is 3.97. The molecule has 5 nitrogen and oxygen atoms in total. The van der Waals surface area contributed by atoms with Gasteiger partial charge in [-0.2, -0.15) is 0 Å². The number of aromatic nitrogens is 1. The zero-order chi connectivity index (χ0) is 20.3. The first-order chi connectivity index (χ1) is 13.4. The van der Waals surface area contributed by atoms with Crippen LogP contribution in [0.4, 0.5) is 5.69 Å². The first-order valence-corrected chi connectivity index (χ1v) is 10.2. The Morgan fingerprint density at radius 1 is 1.11 bits per heavy atom. The Kier molecular flexibility index (Phi) is 6.81. The predicted octanol–water partition coefficient (Wildman–Crippen LogP) is 3.72. The van der Waals surface area contributed by atoms with E-state index in [-0.39, 0.29) is 5.78 Å². The minimum Gasteiger partial charge on any atom is -0.383 e. The molecule has 28 heavy (non-hydrogen) atoms. The van der Waals surface area contributed by atoms with Crippen molar-refractivity contribution in [3.63, 3.8) is 0 Å². The summed E-state index contributed by atoms with van der Waals surface area (Å²) in [5.41, 5.74) is 5.41. The van der Waals surface area contributed by atoms with Gasteiger partial charge < -0.3 is 14.2 Å². The van der Waals surface area contributed by atoms with Crippen molar-refractivity contribution in [2.24, 2.45) is 0 Å². The number of Topliss-reactive ketones (excluding diaryl/α,β-unsaturated/α-hetero) is 1. The van der Waals surface area contributed by atoms with Crippen LogP contribution in [-0.4, -0.2) is 61.7 Å². The van der Waals surface area contributed by atoms with E-state index in [0.717, 1.165) is 54.7 Å².